The summed E-state index contributed by atoms with van der Waals surface area (Å²) in [5, 5.41) is 50.5. The summed E-state index contributed by atoms with van der Waals surface area (Å²) in [5.74, 6) is -6.81. The third kappa shape index (κ3) is 24.7. The first-order valence-electron chi connectivity index (χ1n) is 25.9. The molecule has 3 saturated heterocycles. The first kappa shape index (κ1) is 66.0. The van der Waals surface area contributed by atoms with Gasteiger partial charge in [-0.15, -0.1) is 0 Å². The van der Waals surface area contributed by atoms with Gasteiger partial charge in [-0.1, -0.05) is 12.8 Å². The van der Waals surface area contributed by atoms with Gasteiger partial charge in [-0.2, -0.15) is 0 Å². The van der Waals surface area contributed by atoms with E-state index in [1.54, 1.807) is 20.8 Å². The number of nitrogens with one attached hydrogen (secondary N) is 4. The number of aliphatic hydroxyl groups excluding tert-OH is 3. The normalized spacial score (nSPS) is 30.0. The maximum Gasteiger partial charge on any atom is 0.304 e. The van der Waals surface area contributed by atoms with E-state index in [-0.39, 0.29) is 62.3 Å². The van der Waals surface area contributed by atoms with Crippen LogP contribution in [0.1, 0.15) is 126 Å². The van der Waals surface area contributed by atoms with Crippen LogP contribution in [0.25, 0.3) is 0 Å². The van der Waals surface area contributed by atoms with Crippen LogP contribution in [0, 0.1) is 5.92 Å². The number of esters is 2. The highest BCUT2D eigenvalue weighted by atomic mass is 16.5. The molecule has 16 atom stereocenters. The summed E-state index contributed by atoms with van der Waals surface area (Å²) in [4.78, 5) is 96.1. The lowest BCUT2D eigenvalue weighted by atomic mass is 9.70. The number of carbonyl (C=O) groups is 8. The van der Waals surface area contributed by atoms with Crippen molar-refractivity contribution >= 4 is 70.9 Å². The lowest BCUT2D eigenvalue weighted by molar-refractivity contribution is -0.142. The molecule has 0 bridgehead atoms. The Morgan fingerprint density at radius 2 is 0.959 bits per heavy atom. The topological polar surface area (TPSA) is 315 Å². The molecular weight excluding hydrogens is 963 g/mol. The maximum absolute atomic E-state index is 13.9. The fraction of sp³-hybridized carbons (Fsp3) is 0.837. The molecule has 3 aliphatic rings. The lowest BCUT2D eigenvalue weighted by Gasteiger charge is -2.43. The van der Waals surface area contributed by atoms with Gasteiger partial charge in [0.05, 0.1) is 130 Å². The van der Waals surface area contributed by atoms with E-state index in [1.165, 1.54) is 53.7 Å². The summed E-state index contributed by atoms with van der Waals surface area (Å²) in [5.41, 5.74) is 0. The van der Waals surface area contributed by atoms with Crippen molar-refractivity contribution in [1.82, 2.24) is 26.2 Å². The molecule has 3 rings (SSSR count). The number of hydrogen-bond acceptors (Lipinski definition) is 17. The molecule has 74 heavy (non-hydrogen) atoms. The third-order valence-electron chi connectivity index (χ3n) is 13.3. The Balaban J connectivity index is 0.00000256. The standard InChI is InChI=1S/C43H72B3N5O13.2C3H6O2/c1-22-41(59)35(44)38(48-25(4)52)30(62-22)14-8-7-13-28(19-34(57)58)29(55)21-51(18-12-10-16-32-40(50-27(6)54)37(46)43(61)24(3)64-32)33(56)20-47-17-11-9-15-31-39(49-26(5)53)36(45)42(60)23(2)63-31;2*1-3(4)5-2/h22-24,28,30-32,35-43,47,59-61H,7-21H2,1-6H3,(H,48,52)(H,49,53)(H,50,54)(H,57,58);2*1-2H3/t22-,23-,24+,28?,30-,31-,32+,35-,36-,37+,38+,39+,40-,41+,42+,43-;;/m1../s1/i/hT. The van der Waals surface area contributed by atoms with Crippen molar-refractivity contribution in [3.63, 3.8) is 0 Å². The minimum atomic E-state index is -1.18. The molecule has 0 spiro atoms. The number of Topliss-reactive ketones (excluding diaryl/α,β-unsaturated/α-hetero) is 1. The van der Waals surface area contributed by atoms with Crippen LogP contribution in [-0.2, 0) is 62.0 Å². The lowest BCUT2D eigenvalue weighted by Crippen LogP contribution is -2.57. The SMILES string of the molecule is COC(C)=O.COC(C)=O.[3H]N(CCCC[C@H]1O[C@H](C)[C@H](O)[C@H]([B])[C@H]1NC(C)=O)CC(=O)N(CCCC[C@@H]1O[C@@H](C)[C@@H](O)[C@@H]([B])[C@@H]1NC(C)=O)CC(=O)C(CCCC[C@H]1O[C@H](C)[C@H](O)[C@H]([B])[C@H]1NC(C)=O)CC(=O)O. The van der Waals surface area contributed by atoms with Gasteiger partial charge >= 0.3 is 17.9 Å². The summed E-state index contributed by atoms with van der Waals surface area (Å²) in [7, 11) is 21.5. The van der Waals surface area contributed by atoms with Gasteiger partial charge in [-0.25, -0.2) is 0 Å². The largest absolute Gasteiger partial charge is 0.481 e. The zero-order valence-corrected chi connectivity index (χ0v) is 45.1. The molecule has 0 aromatic rings. The Morgan fingerprint density at radius 3 is 1.30 bits per heavy atom. The Kier molecular flexibility index (Phi) is 31.4. The molecule has 1 unspecified atom stereocenters. The van der Waals surface area contributed by atoms with E-state index in [9.17, 15) is 58.8 Å². The van der Waals surface area contributed by atoms with Crippen LogP contribution in [0.2, 0.25) is 18.9 Å². The van der Waals surface area contributed by atoms with Gasteiger partial charge in [-0.3, -0.25) is 38.4 Å². The Labute approximate surface area is 442 Å². The number of rotatable bonds is 25. The van der Waals surface area contributed by atoms with Crippen LogP contribution in [0.3, 0.4) is 0 Å². The molecule has 4 amide bonds. The van der Waals surface area contributed by atoms with Gasteiger partial charge in [-0.05, 0) is 96.1 Å². The number of carboxylic acids is 1. The molecule has 0 aliphatic carbocycles. The van der Waals surface area contributed by atoms with Crippen molar-refractivity contribution in [2.75, 3.05) is 40.4 Å². The number of amides is 4. The van der Waals surface area contributed by atoms with Crippen LogP contribution < -0.4 is 21.3 Å². The molecule has 3 heterocycles. The number of unbranched alkanes of at least 4 members (excludes halogenated alkanes) is 3. The van der Waals surface area contributed by atoms with E-state index in [2.05, 4.69) is 25.4 Å². The van der Waals surface area contributed by atoms with E-state index in [4.69, 9.17) is 39.2 Å². The summed E-state index contributed by atoms with van der Waals surface area (Å²) < 4.78 is 34.8. The molecule has 0 saturated carbocycles. The highest BCUT2D eigenvalue weighted by Gasteiger charge is 2.43. The monoisotopic (exact) mass is 1050 g/mol. The Hall–Kier alpha value is -4.13. The summed E-state index contributed by atoms with van der Waals surface area (Å²) in [6.07, 6.45) is -2.34. The first-order valence-corrected chi connectivity index (χ1v) is 25.5. The van der Waals surface area contributed by atoms with E-state index >= 15 is 0 Å². The van der Waals surface area contributed by atoms with Crippen LogP contribution in [-0.4, -0.2) is 210 Å². The van der Waals surface area contributed by atoms with Crippen LogP contribution in [0.4, 0.5) is 0 Å². The molecule has 25 heteroatoms. The molecule has 0 aromatic heterocycles. The van der Waals surface area contributed by atoms with Crippen molar-refractivity contribution in [2.24, 2.45) is 5.92 Å². The molecule has 6 radical (unpaired) electrons. The second-order valence-corrected chi connectivity index (χ2v) is 19.4. The Bertz CT molecular complexity index is 1800. The van der Waals surface area contributed by atoms with Crippen molar-refractivity contribution in [1.29, 1.82) is 0 Å². The first-order chi connectivity index (χ1) is 35.1. The van der Waals surface area contributed by atoms with Crippen molar-refractivity contribution in [3.05, 3.63) is 0 Å². The number of aliphatic carboxylic acids is 1. The minimum absolute atomic E-state index is 0.0989. The Morgan fingerprint density at radius 1 is 0.608 bits per heavy atom. The summed E-state index contributed by atoms with van der Waals surface area (Å²) >= 11 is 0. The van der Waals surface area contributed by atoms with E-state index < -0.39 is 121 Å². The maximum atomic E-state index is 13.9. The van der Waals surface area contributed by atoms with E-state index in [0.29, 0.717) is 57.8 Å². The van der Waals surface area contributed by atoms with Gasteiger partial charge in [0.2, 0.25) is 23.6 Å². The summed E-state index contributed by atoms with van der Waals surface area (Å²) in [6.45, 7) is 11.4. The second kappa shape index (κ2) is 35.3. The highest BCUT2D eigenvalue weighted by Crippen LogP contribution is 2.33. The zero-order valence-electron chi connectivity index (χ0n) is 46.1. The molecule has 3 fully saturated rings. The van der Waals surface area contributed by atoms with Crippen LogP contribution in [0.5, 0.6) is 0 Å². The average Bonchev–Trinajstić information content (AvgIpc) is 3.33. The smallest absolute Gasteiger partial charge is 0.304 e. The molecule has 416 valence electrons. The fourth-order valence-electron chi connectivity index (χ4n) is 9.08. The predicted octanol–water partition coefficient (Wildman–Crippen LogP) is 0.154. The van der Waals surface area contributed by atoms with Crippen LogP contribution in [0.15, 0.2) is 0 Å². The van der Waals surface area contributed by atoms with Gasteiger partial charge < -0.3 is 70.3 Å². The number of carbonyl (C=O) groups excluding carboxylic acids is 7. The van der Waals surface area contributed by atoms with E-state index in [0.717, 1.165) is 5.31 Å². The number of nitrogens with zero attached hydrogens (tertiary/aromatic N) is 1. The van der Waals surface area contributed by atoms with E-state index in [1.807, 2.05) is 0 Å². The average molecular weight is 1050 g/mol. The number of carboxylic acid groups (broad SMARTS) is 1. The number of ketones is 1. The third-order valence-corrected chi connectivity index (χ3v) is 13.3. The number of methoxy groups -OCH3 is 2. The quantitative estimate of drug-likeness (QED) is 0.0343. The van der Waals surface area contributed by atoms with Crippen LogP contribution >= 0.6 is 0 Å². The van der Waals surface area contributed by atoms with Gasteiger partial charge in [0, 0.05) is 47.1 Å². The van der Waals surface area contributed by atoms with Gasteiger partial charge in [0.15, 0.2) is 5.78 Å². The fourth-order valence-corrected chi connectivity index (χ4v) is 9.08. The van der Waals surface area contributed by atoms with Crippen molar-refractivity contribution < 1.29 is 83.9 Å². The van der Waals surface area contributed by atoms with Gasteiger partial charge in [0.1, 0.15) is 1.41 Å². The number of hydrogen-bond donors (Lipinski definition) is 8. The molecule has 22 nitrogen and oxygen atoms in total. The van der Waals surface area contributed by atoms with Crippen molar-refractivity contribution in [3.8, 4) is 0 Å². The van der Waals surface area contributed by atoms with Crippen molar-refractivity contribution in [2.45, 2.75) is 217 Å². The second-order valence-electron chi connectivity index (χ2n) is 19.4. The zero-order chi connectivity index (χ0) is 57.3. The molecular formula is C49H84B3N5O17. The van der Waals surface area contributed by atoms with Gasteiger partial charge in [0.25, 0.3) is 0 Å². The number of ether oxygens (including phenoxy) is 5. The highest BCUT2D eigenvalue weighted by molar-refractivity contribution is 6.13. The molecule has 3 aliphatic heterocycles. The molecule has 8 N–H and O–H groups in total. The minimum Gasteiger partial charge on any atom is -0.481 e. The number of aliphatic hydroxyl groups is 3. The summed E-state index contributed by atoms with van der Waals surface area (Å²) in [6, 6.07) is -1.92. The molecule has 0 aromatic carbocycles. The predicted molar refractivity (Wildman–Crippen MR) is 274 cm³/mol.